The van der Waals surface area contributed by atoms with Crippen molar-refractivity contribution in [1.82, 2.24) is 9.97 Å². The summed E-state index contributed by atoms with van der Waals surface area (Å²) >= 11 is 11.4. The van der Waals surface area contributed by atoms with E-state index < -0.39 is 10.9 Å². The Bertz CT molecular complexity index is 1010. The highest BCUT2D eigenvalue weighted by molar-refractivity contribution is 6.30. The fourth-order valence-corrected chi connectivity index (χ4v) is 2.41. The van der Waals surface area contributed by atoms with E-state index in [-0.39, 0.29) is 23.9 Å². The zero-order chi connectivity index (χ0) is 22.1. The minimum atomic E-state index is -0.773. The van der Waals surface area contributed by atoms with Crippen molar-refractivity contribution in [1.29, 1.82) is 0 Å². The van der Waals surface area contributed by atoms with Gasteiger partial charge in [-0.2, -0.15) is 4.98 Å². The largest absolute Gasteiger partial charge is 0.481 e. The quantitative estimate of drug-likeness (QED) is 0.361. The van der Waals surface area contributed by atoms with Gasteiger partial charge in [0.2, 0.25) is 11.8 Å². The van der Waals surface area contributed by atoms with Gasteiger partial charge < -0.3 is 16.2 Å². The zero-order valence-corrected chi connectivity index (χ0v) is 17.0. The Morgan fingerprint density at radius 3 is 2.17 bits per heavy atom. The lowest BCUT2D eigenvalue weighted by molar-refractivity contribution is -0.384. The molecule has 9 nitrogen and oxygen atoms in total. The average molecular weight is 450 g/mol. The zero-order valence-electron chi connectivity index (χ0n) is 15.5. The number of halogens is 2. The molecule has 0 aliphatic carbocycles. The number of hydrogen-bond acceptors (Lipinski definition) is 7. The predicted octanol–water partition coefficient (Wildman–Crippen LogP) is 4.72. The third-order valence-electron chi connectivity index (χ3n) is 3.64. The SMILES string of the molecule is Nc1nc(Nc2ccc(Cl)cc2)ncc1[N+](=O)[O-].O=C(O)CCc1ccc(Cl)cc1. The molecule has 0 aliphatic heterocycles. The number of nitrogens with zero attached hydrogens (tertiary/aromatic N) is 3. The van der Waals surface area contributed by atoms with Crippen molar-refractivity contribution in [2.24, 2.45) is 0 Å². The summed E-state index contributed by atoms with van der Waals surface area (Å²) in [5.74, 6) is -0.781. The molecule has 0 amide bonds. The Hall–Kier alpha value is -3.43. The van der Waals surface area contributed by atoms with Gasteiger partial charge in [-0.3, -0.25) is 14.9 Å². The van der Waals surface area contributed by atoms with Crippen LogP contribution in [0.4, 0.5) is 23.1 Å². The van der Waals surface area contributed by atoms with Crippen molar-refractivity contribution in [2.75, 3.05) is 11.1 Å². The topological polar surface area (TPSA) is 144 Å². The van der Waals surface area contributed by atoms with Crippen LogP contribution >= 0.6 is 23.2 Å². The Morgan fingerprint density at radius 2 is 1.67 bits per heavy atom. The summed E-state index contributed by atoms with van der Waals surface area (Å²) in [6.45, 7) is 0. The van der Waals surface area contributed by atoms with Crippen LogP contribution < -0.4 is 11.1 Å². The molecule has 0 spiro atoms. The molecule has 0 bridgehead atoms. The van der Waals surface area contributed by atoms with Crippen LogP contribution in [0.15, 0.2) is 54.7 Å². The minimum absolute atomic E-state index is 0.168. The van der Waals surface area contributed by atoms with Crippen LogP contribution in [0.1, 0.15) is 12.0 Å². The maximum atomic E-state index is 10.5. The van der Waals surface area contributed by atoms with Crippen LogP contribution in [0.2, 0.25) is 10.0 Å². The van der Waals surface area contributed by atoms with Gasteiger partial charge in [0.25, 0.3) is 0 Å². The van der Waals surface area contributed by atoms with Crippen LogP contribution in [0, 0.1) is 10.1 Å². The van der Waals surface area contributed by atoms with Crippen molar-refractivity contribution in [3.05, 3.63) is 80.5 Å². The average Bonchev–Trinajstić information content (AvgIpc) is 2.69. The maximum absolute atomic E-state index is 10.5. The number of hydrogen-bond donors (Lipinski definition) is 3. The molecule has 4 N–H and O–H groups in total. The lowest BCUT2D eigenvalue weighted by Crippen LogP contribution is -2.03. The number of anilines is 3. The van der Waals surface area contributed by atoms with Crippen LogP contribution in [-0.2, 0) is 11.2 Å². The van der Waals surface area contributed by atoms with E-state index in [0.29, 0.717) is 22.2 Å². The molecular formula is C19H17Cl2N5O4. The van der Waals surface area contributed by atoms with E-state index in [2.05, 4.69) is 15.3 Å². The molecule has 0 radical (unpaired) electrons. The predicted molar refractivity (Wildman–Crippen MR) is 115 cm³/mol. The number of nitrogen functional groups attached to an aromatic ring is 1. The molecule has 0 unspecified atom stereocenters. The molecule has 0 aliphatic rings. The molecule has 0 saturated heterocycles. The van der Waals surface area contributed by atoms with Crippen molar-refractivity contribution in [2.45, 2.75) is 12.8 Å². The van der Waals surface area contributed by atoms with Gasteiger partial charge in [-0.15, -0.1) is 0 Å². The van der Waals surface area contributed by atoms with Crippen molar-refractivity contribution >= 4 is 52.3 Å². The number of rotatable bonds is 6. The third kappa shape index (κ3) is 7.53. The van der Waals surface area contributed by atoms with Crippen LogP contribution in [0.5, 0.6) is 0 Å². The Kier molecular flexibility index (Phi) is 8.33. The smallest absolute Gasteiger partial charge is 0.329 e. The van der Waals surface area contributed by atoms with E-state index in [4.69, 9.17) is 34.0 Å². The van der Waals surface area contributed by atoms with Crippen molar-refractivity contribution in [3.8, 4) is 0 Å². The first-order valence-corrected chi connectivity index (χ1v) is 9.26. The number of carbonyl (C=O) groups is 1. The summed E-state index contributed by atoms with van der Waals surface area (Å²) in [6, 6.07) is 14.0. The van der Waals surface area contributed by atoms with Crippen molar-refractivity contribution < 1.29 is 14.8 Å². The summed E-state index contributed by atoms with van der Waals surface area (Å²) in [5, 5.41) is 23.1. The molecule has 156 valence electrons. The Morgan fingerprint density at radius 1 is 1.10 bits per heavy atom. The van der Waals surface area contributed by atoms with E-state index in [1.165, 1.54) is 0 Å². The second-order valence-corrected chi connectivity index (χ2v) is 6.75. The molecule has 3 aromatic rings. The van der Waals surface area contributed by atoms with E-state index >= 15 is 0 Å². The number of aromatic nitrogens is 2. The number of aryl methyl sites for hydroxylation is 1. The molecule has 0 saturated carbocycles. The van der Waals surface area contributed by atoms with E-state index in [9.17, 15) is 14.9 Å². The first-order valence-electron chi connectivity index (χ1n) is 8.50. The number of carboxylic acid groups (broad SMARTS) is 1. The van der Waals surface area contributed by atoms with Gasteiger partial charge in [-0.05, 0) is 48.4 Å². The summed E-state index contributed by atoms with van der Waals surface area (Å²) in [7, 11) is 0. The molecule has 2 aromatic carbocycles. The second-order valence-electron chi connectivity index (χ2n) is 5.87. The van der Waals surface area contributed by atoms with Gasteiger partial charge in [-0.25, -0.2) is 4.98 Å². The van der Waals surface area contributed by atoms with Gasteiger partial charge in [0.15, 0.2) is 0 Å². The maximum Gasteiger partial charge on any atom is 0.329 e. The molecule has 30 heavy (non-hydrogen) atoms. The fourth-order valence-electron chi connectivity index (χ4n) is 2.15. The Labute approximate surface area is 181 Å². The lowest BCUT2D eigenvalue weighted by Gasteiger charge is -2.05. The highest BCUT2D eigenvalue weighted by Gasteiger charge is 2.14. The summed E-state index contributed by atoms with van der Waals surface area (Å²) in [6.07, 6.45) is 1.79. The molecule has 0 atom stereocenters. The highest BCUT2D eigenvalue weighted by atomic mass is 35.5. The van der Waals surface area contributed by atoms with Gasteiger partial charge >= 0.3 is 11.7 Å². The molecular weight excluding hydrogens is 433 g/mol. The normalized spacial score (nSPS) is 9.93. The summed E-state index contributed by atoms with van der Waals surface area (Å²) in [5.41, 5.74) is 6.83. The molecule has 11 heteroatoms. The number of benzene rings is 2. The standard InChI is InChI=1S/C10H8ClN5O2.C9H9ClO2/c11-6-1-3-7(4-2-6)14-10-13-5-8(16(17)18)9(12)15-10;10-8-4-1-7(2-5-8)3-6-9(11)12/h1-5H,(H3,12,13,14,15);1-2,4-5H,3,6H2,(H,11,12). The van der Waals surface area contributed by atoms with Crippen LogP contribution in [0.25, 0.3) is 0 Å². The monoisotopic (exact) mass is 449 g/mol. The van der Waals surface area contributed by atoms with Gasteiger partial charge in [0.05, 0.1) is 4.92 Å². The minimum Gasteiger partial charge on any atom is -0.481 e. The van der Waals surface area contributed by atoms with Crippen molar-refractivity contribution in [3.63, 3.8) is 0 Å². The van der Waals surface area contributed by atoms with Gasteiger partial charge in [0, 0.05) is 22.2 Å². The molecule has 0 fully saturated rings. The molecule has 1 aromatic heterocycles. The van der Waals surface area contributed by atoms with E-state index in [0.717, 1.165) is 11.8 Å². The molecule has 1 heterocycles. The van der Waals surface area contributed by atoms with Crippen LogP contribution in [-0.4, -0.2) is 26.0 Å². The molecule has 3 rings (SSSR count). The number of nitro groups is 1. The van der Waals surface area contributed by atoms with Gasteiger partial charge in [0.1, 0.15) is 6.20 Å². The Balaban J connectivity index is 0.000000232. The summed E-state index contributed by atoms with van der Waals surface area (Å²) < 4.78 is 0. The first-order chi connectivity index (χ1) is 14.2. The number of nitrogens with two attached hydrogens (primary N) is 1. The number of aliphatic carboxylic acids is 1. The lowest BCUT2D eigenvalue weighted by atomic mass is 10.1. The third-order valence-corrected chi connectivity index (χ3v) is 4.14. The van der Waals surface area contributed by atoms with E-state index in [1.54, 1.807) is 36.4 Å². The van der Waals surface area contributed by atoms with Crippen LogP contribution in [0.3, 0.4) is 0 Å². The van der Waals surface area contributed by atoms with E-state index in [1.807, 2.05) is 12.1 Å². The highest BCUT2D eigenvalue weighted by Crippen LogP contribution is 2.21. The first kappa shape index (κ1) is 22.9. The fraction of sp³-hybridized carbons (Fsp3) is 0.105. The number of carboxylic acids is 1. The number of nitrogens with one attached hydrogen (secondary N) is 1. The second kappa shape index (κ2) is 10.9. The summed E-state index contributed by atoms with van der Waals surface area (Å²) in [4.78, 5) is 27.7. The van der Waals surface area contributed by atoms with Gasteiger partial charge in [-0.1, -0.05) is 35.3 Å².